The molecule has 1 unspecified atom stereocenters. The molecule has 0 fully saturated rings. The van der Waals surface area contributed by atoms with Crippen LogP contribution in [0.4, 0.5) is 0 Å². The van der Waals surface area contributed by atoms with Gasteiger partial charge in [0.25, 0.3) is 0 Å². The average molecular weight is 308 g/mol. The minimum Gasteiger partial charge on any atom is -0.268 e. The van der Waals surface area contributed by atoms with Crippen molar-refractivity contribution < 1.29 is 0 Å². The number of aryl methyl sites for hydroxylation is 1. The summed E-state index contributed by atoms with van der Waals surface area (Å²) in [6.07, 6.45) is 6.10. The number of thiazole rings is 1. The van der Waals surface area contributed by atoms with Gasteiger partial charge in [0.1, 0.15) is 0 Å². The van der Waals surface area contributed by atoms with E-state index in [0.29, 0.717) is 5.02 Å². The molecule has 3 aromatic rings. The Morgan fingerprint density at radius 3 is 2.90 bits per heavy atom. The zero-order chi connectivity index (χ0) is 14.1. The van der Waals surface area contributed by atoms with Gasteiger partial charge in [0.15, 0.2) is 0 Å². The molecule has 7 heteroatoms. The Labute approximate surface area is 125 Å². The third kappa shape index (κ3) is 2.62. The molecule has 0 spiro atoms. The summed E-state index contributed by atoms with van der Waals surface area (Å²) in [5.74, 6) is 0. The largest absolute Gasteiger partial charge is 0.268 e. The molecule has 3 aromatic heterocycles. The van der Waals surface area contributed by atoms with Crippen LogP contribution in [0.5, 0.6) is 0 Å². The molecular weight excluding hydrogens is 294 g/mol. The van der Waals surface area contributed by atoms with Gasteiger partial charge in [-0.25, -0.2) is 4.98 Å². The lowest BCUT2D eigenvalue weighted by molar-refractivity contribution is 0.488. The van der Waals surface area contributed by atoms with E-state index in [0.717, 1.165) is 22.8 Å². The summed E-state index contributed by atoms with van der Waals surface area (Å²) in [7, 11) is 1.92. The van der Waals surface area contributed by atoms with Crippen LogP contribution in [0.1, 0.15) is 18.0 Å². The van der Waals surface area contributed by atoms with Gasteiger partial charge in [-0.3, -0.25) is 9.36 Å². The van der Waals surface area contributed by atoms with Gasteiger partial charge in [-0.05, 0) is 13.0 Å². The normalized spacial score (nSPS) is 12.8. The SMILES string of the molecule is CC(Cc1nc(-c2ccnn2C)cs1)n1cc(Cl)cn1. The molecule has 0 aliphatic rings. The van der Waals surface area contributed by atoms with Crippen molar-refractivity contribution >= 4 is 22.9 Å². The highest BCUT2D eigenvalue weighted by molar-refractivity contribution is 7.09. The molecule has 5 nitrogen and oxygen atoms in total. The van der Waals surface area contributed by atoms with Gasteiger partial charge in [-0.2, -0.15) is 10.2 Å². The van der Waals surface area contributed by atoms with Crippen LogP contribution < -0.4 is 0 Å². The van der Waals surface area contributed by atoms with Crippen LogP contribution in [0.3, 0.4) is 0 Å². The number of rotatable bonds is 4. The highest BCUT2D eigenvalue weighted by atomic mass is 35.5. The standard InChI is InChI=1S/C13H14ClN5S/c1-9(19-7-10(14)6-16-19)5-13-17-11(8-20-13)12-3-4-15-18(12)2/h3-4,6-9H,5H2,1-2H3. The van der Waals surface area contributed by atoms with Crippen molar-refractivity contribution in [3.05, 3.63) is 40.1 Å². The molecule has 0 amide bonds. The van der Waals surface area contributed by atoms with Crippen LogP contribution in [0, 0.1) is 0 Å². The van der Waals surface area contributed by atoms with Gasteiger partial charge in [0.2, 0.25) is 0 Å². The Kier molecular flexibility index (Phi) is 3.58. The van der Waals surface area contributed by atoms with Gasteiger partial charge in [0.05, 0.1) is 33.7 Å². The fraction of sp³-hybridized carbons (Fsp3) is 0.308. The fourth-order valence-electron chi connectivity index (χ4n) is 2.05. The predicted molar refractivity (Wildman–Crippen MR) is 80.0 cm³/mol. The number of hydrogen-bond donors (Lipinski definition) is 0. The summed E-state index contributed by atoms with van der Waals surface area (Å²) in [4.78, 5) is 4.67. The van der Waals surface area contributed by atoms with Crippen molar-refractivity contribution in [2.45, 2.75) is 19.4 Å². The Bertz CT molecular complexity index is 714. The van der Waals surface area contributed by atoms with Crippen LogP contribution >= 0.6 is 22.9 Å². The Balaban J connectivity index is 1.76. The number of aromatic nitrogens is 5. The molecule has 3 heterocycles. The topological polar surface area (TPSA) is 48.5 Å². The minimum atomic E-state index is 0.230. The van der Waals surface area contributed by atoms with Gasteiger partial charge in [-0.15, -0.1) is 11.3 Å². The molecule has 3 rings (SSSR count). The molecule has 20 heavy (non-hydrogen) atoms. The third-order valence-corrected chi connectivity index (χ3v) is 4.19. The molecule has 0 radical (unpaired) electrons. The fourth-order valence-corrected chi connectivity index (χ4v) is 3.10. The average Bonchev–Trinajstić information content (AvgIpc) is 3.10. The Morgan fingerprint density at radius 1 is 1.40 bits per heavy atom. The van der Waals surface area contributed by atoms with Crippen molar-refractivity contribution in [3.8, 4) is 11.4 Å². The molecule has 0 aromatic carbocycles. The maximum absolute atomic E-state index is 5.89. The molecule has 0 N–H and O–H groups in total. The summed E-state index contributed by atoms with van der Waals surface area (Å²) in [5.41, 5.74) is 2.00. The number of nitrogens with zero attached hydrogens (tertiary/aromatic N) is 5. The smallest absolute Gasteiger partial charge is 0.0995 e. The predicted octanol–water partition coefficient (Wildman–Crippen LogP) is 3.20. The van der Waals surface area contributed by atoms with E-state index in [1.807, 2.05) is 28.7 Å². The van der Waals surface area contributed by atoms with E-state index in [4.69, 9.17) is 11.6 Å². The van der Waals surface area contributed by atoms with Crippen molar-refractivity contribution in [2.24, 2.45) is 7.05 Å². The molecule has 0 aliphatic carbocycles. The summed E-state index contributed by atoms with van der Waals surface area (Å²) >= 11 is 7.55. The Hall–Kier alpha value is -1.66. The lowest BCUT2D eigenvalue weighted by atomic mass is 10.2. The second-order valence-corrected chi connectivity index (χ2v) is 6.04. The minimum absolute atomic E-state index is 0.230. The van der Waals surface area contributed by atoms with Crippen LogP contribution in [0.15, 0.2) is 30.0 Å². The van der Waals surface area contributed by atoms with Crippen molar-refractivity contribution in [2.75, 3.05) is 0 Å². The highest BCUT2D eigenvalue weighted by Gasteiger charge is 2.12. The summed E-state index contributed by atoms with van der Waals surface area (Å²) in [5, 5.41) is 12.2. The quantitative estimate of drug-likeness (QED) is 0.743. The Morgan fingerprint density at radius 2 is 2.25 bits per heavy atom. The molecule has 0 bridgehead atoms. The van der Waals surface area contributed by atoms with E-state index >= 15 is 0 Å². The number of hydrogen-bond acceptors (Lipinski definition) is 4. The molecular formula is C13H14ClN5S. The second-order valence-electron chi connectivity index (χ2n) is 4.66. The van der Waals surface area contributed by atoms with Crippen molar-refractivity contribution in [1.29, 1.82) is 0 Å². The van der Waals surface area contributed by atoms with E-state index in [2.05, 4.69) is 27.5 Å². The van der Waals surface area contributed by atoms with E-state index in [1.165, 1.54) is 0 Å². The van der Waals surface area contributed by atoms with Crippen LogP contribution in [0.2, 0.25) is 5.02 Å². The van der Waals surface area contributed by atoms with Crippen molar-refractivity contribution in [3.63, 3.8) is 0 Å². The zero-order valence-corrected chi connectivity index (χ0v) is 12.8. The first-order valence-electron chi connectivity index (χ1n) is 6.26. The van der Waals surface area contributed by atoms with Crippen LogP contribution in [-0.2, 0) is 13.5 Å². The second kappa shape index (κ2) is 5.38. The van der Waals surface area contributed by atoms with Crippen molar-refractivity contribution in [1.82, 2.24) is 24.5 Å². The van der Waals surface area contributed by atoms with E-state index in [-0.39, 0.29) is 6.04 Å². The third-order valence-electron chi connectivity index (χ3n) is 3.13. The van der Waals surface area contributed by atoms with Crippen LogP contribution in [-0.4, -0.2) is 24.5 Å². The van der Waals surface area contributed by atoms with E-state index in [9.17, 15) is 0 Å². The molecule has 0 saturated heterocycles. The zero-order valence-electron chi connectivity index (χ0n) is 11.2. The lowest BCUT2D eigenvalue weighted by Gasteiger charge is -2.09. The number of halogens is 1. The molecule has 0 aliphatic heterocycles. The summed E-state index contributed by atoms with van der Waals surface area (Å²) < 4.78 is 3.70. The van der Waals surface area contributed by atoms with Gasteiger partial charge >= 0.3 is 0 Å². The maximum atomic E-state index is 5.89. The van der Waals surface area contributed by atoms with Gasteiger partial charge < -0.3 is 0 Å². The molecule has 0 saturated carbocycles. The van der Waals surface area contributed by atoms with Gasteiger partial charge in [-0.1, -0.05) is 11.6 Å². The monoisotopic (exact) mass is 307 g/mol. The van der Waals surface area contributed by atoms with Crippen LogP contribution in [0.25, 0.3) is 11.4 Å². The highest BCUT2D eigenvalue weighted by Crippen LogP contribution is 2.24. The lowest BCUT2D eigenvalue weighted by Crippen LogP contribution is -2.08. The molecule has 1 atom stereocenters. The first-order valence-corrected chi connectivity index (χ1v) is 7.51. The first-order chi connectivity index (χ1) is 9.63. The first kappa shape index (κ1) is 13.3. The van der Waals surface area contributed by atoms with Gasteiger partial charge in [0, 0.05) is 31.2 Å². The molecule has 104 valence electrons. The maximum Gasteiger partial charge on any atom is 0.0995 e. The van der Waals surface area contributed by atoms with E-state index in [1.54, 1.807) is 23.7 Å². The summed E-state index contributed by atoms with van der Waals surface area (Å²) in [6, 6.07) is 2.20. The van der Waals surface area contributed by atoms with E-state index < -0.39 is 0 Å². The summed E-state index contributed by atoms with van der Waals surface area (Å²) in [6.45, 7) is 2.11.